The molecule has 0 aromatic carbocycles. The molecule has 0 saturated carbocycles. The maximum atomic E-state index is 10.5. The van der Waals surface area contributed by atoms with Gasteiger partial charge in [0, 0.05) is 0 Å². The average Bonchev–Trinajstić information content (AvgIpc) is 2.82. The highest BCUT2D eigenvalue weighted by molar-refractivity contribution is 7.13. The lowest BCUT2D eigenvalue weighted by Gasteiger charge is -2.01. The number of tetrazole rings is 1. The van der Waals surface area contributed by atoms with Gasteiger partial charge in [0.2, 0.25) is 0 Å². The smallest absolute Gasteiger partial charge is 0.305 e. The van der Waals surface area contributed by atoms with Gasteiger partial charge in [-0.2, -0.15) is 0 Å². The fourth-order valence-electron chi connectivity index (χ4n) is 1.32. The molecule has 84 valence electrons. The highest BCUT2D eigenvalue weighted by Gasteiger charge is 2.13. The van der Waals surface area contributed by atoms with Crippen molar-refractivity contribution in [3.8, 4) is 10.7 Å². The molecule has 0 amide bonds. The van der Waals surface area contributed by atoms with Crippen molar-refractivity contribution in [2.75, 3.05) is 0 Å². The van der Waals surface area contributed by atoms with E-state index in [9.17, 15) is 4.79 Å². The minimum absolute atomic E-state index is 0.0163. The monoisotopic (exact) mass is 238 g/mol. The number of hydrogen-bond acceptors (Lipinski definition) is 5. The normalized spacial score (nSPS) is 10.6. The zero-order valence-electron chi connectivity index (χ0n) is 8.62. The Hall–Kier alpha value is -1.76. The van der Waals surface area contributed by atoms with E-state index in [-0.39, 0.29) is 13.0 Å². The lowest BCUT2D eigenvalue weighted by molar-refractivity contribution is -0.137. The molecule has 0 saturated heterocycles. The second kappa shape index (κ2) is 4.40. The molecule has 2 heterocycles. The van der Waals surface area contributed by atoms with Gasteiger partial charge in [-0.3, -0.25) is 4.79 Å². The molecule has 16 heavy (non-hydrogen) atoms. The highest BCUT2D eigenvalue weighted by atomic mass is 32.1. The van der Waals surface area contributed by atoms with Gasteiger partial charge in [-0.1, -0.05) is 0 Å². The molecule has 0 radical (unpaired) electrons. The summed E-state index contributed by atoms with van der Waals surface area (Å²) in [5.41, 5.74) is 1.09. The fourth-order valence-corrected chi connectivity index (χ4v) is 2.24. The first-order chi connectivity index (χ1) is 7.68. The van der Waals surface area contributed by atoms with Gasteiger partial charge in [0.15, 0.2) is 5.82 Å². The third-order valence-corrected chi connectivity index (χ3v) is 3.15. The summed E-state index contributed by atoms with van der Waals surface area (Å²) in [6, 6.07) is 1.98. The first kappa shape index (κ1) is 10.7. The maximum Gasteiger partial charge on any atom is 0.305 e. The SMILES string of the molecule is Cc1ccsc1-c1nnnn1CCC(=O)O. The summed E-state index contributed by atoms with van der Waals surface area (Å²) in [6.45, 7) is 2.26. The molecule has 2 aromatic heterocycles. The Morgan fingerprint density at radius 2 is 2.44 bits per heavy atom. The Balaban J connectivity index is 2.26. The molecule has 0 aliphatic heterocycles. The predicted octanol–water partition coefficient (Wildman–Crippen LogP) is 1.18. The second-order valence-corrected chi connectivity index (χ2v) is 4.22. The number of thiophene rings is 1. The molecule has 0 spiro atoms. The summed E-state index contributed by atoms with van der Waals surface area (Å²) in [7, 11) is 0. The van der Waals surface area contributed by atoms with Gasteiger partial charge in [0.25, 0.3) is 0 Å². The molecule has 1 N–H and O–H groups in total. The van der Waals surface area contributed by atoms with Crippen LogP contribution in [0.2, 0.25) is 0 Å². The van der Waals surface area contributed by atoms with Crippen molar-refractivity contribution in [1.82, 2.24) is 20.2 Å². The molecule has 6 nitrogen and oxygen atoms in total. The van der Waals surface area contributed by atoms with E-state index in [0.29, 0.717) is 5.82 Å². The molecule has 0 unspecified atom stereocenters. The zero-order valence-corrected chi connectivity index (χ0v) is 9.44. The van der Waals surface area contributed by atoms with Crippen LogP contribution in [0.4, 0.5) is 0 Å². The van der Waals surface area contributed by atoms with E-state index in [1.54, 1.807) is 11.3 Å². The Bertz CT molecular complexity index is 505. The van der Waals surface area contributed by atoms with Crippen LogP contribution in [-0.4, -0.2) is 31.3 Å². The van der Waals surface area contributed by atoms with Gasteiger partial charge in [0.1, 0.15) is 0 Å². The summed E-state index contributed by atoms with van der Waals surface area (Å²) >= 11 is 1.54. The van der Waals surface area contributed by atoms with Gasteiger partial charge in [-0.15, -0.1) is 16.4 Å². The van der Waals surface area contributed by atoms with E-state index in [4.69, 9.17) is 5.11 Å². The van der Waals surface area contributed by atoms with Crippen LogP contribution in [0, 0.1) is 6.92 Å². The van der Waals surface area contributed by atoms with Gasteiger partial charge < -0.3 is 5.11 Å². The molecule has 0 atom stereocenters. The van der Waals surface area contributed by atoms with Crippen molar-refractivity contribution in [3.05, 3.63) is 17.0 Å². The minimum Gasteiger partial charge on any atom is -0.481 e. The number of rotatable bonds is 4. The maximum absolute atomic E-state index is 10.5. The van der Waals surface area contributed by atoms with Crippen LogP contribution >= 0.6 is 11.3 Å². The molecule has 2 aromatic rings. The van der Waals surface area contributed by atoms with Crippen molar-refractivity contribution < 1.29 is 9.90 Å². The van der Waals surface area contributed by atoms with E-state index in [2.05, 4.69) is 15.5 Å². The van der Waals surface area contributed by atoms with Crippen molar-refractivity contribution in [1.29, 1.82) is 0 Å². The Kier molecular flexibility index (Phi) is 2.95. The number of carboxylic acids is 1. The van der Waals surface area contributed by atoms with Gasteiger partial charge >= 0.3 is 5.97 Å². The van der Waals surface area contributed by atoms with Crippen molar-refractivity contribution in [2.45, 2.75) is 19.9 Å². The third-order valence-electron chi connectivity index (χ3n) is 2.13. The molecule has 7 heteroatoms. The number of aryl methyl sites for hydroxylation is 2. The third kappa shape index (κ3) is 2.08. The quantitative estimate of drug-likeness (QED) is 0.865. The van der Waals surface area contributed by atoms with Crippen LogP contribution in [0.25, 0.3) is 10.7 Å². The number of carbonyl (C=O) groups is 1. The number of carboxylic acid groups (broad SMARTS) is 1. The van der Waals surface area contributed by atoms with E-state index in [1.807, 2.05) is 18.4 Å². The average molecular weight is 238 g/mol. The Morgan fingerprint density at radius 3 is 3.06 bits per heavy atom. The van der Waals surface area contributed by atoms with E-state index < -0.39 is 5.97 Å². The molecule has 0 aliphatic carbocycles. The molecule has 0 aliphatic rings. The lowest BCUT2D eigenvalue weighted by atomic mass is 10.3. The molecular weight excluding hydrogens is 228 g/mol. The Morgan fingerprint density at radius 1 is 1.62 bits per heavy atom. The van der Waals surface area contributed by atoms with E-state index in [1.165, 1.54) is 4.68 Å². The summed E-state index contributed by atoms with van der Waals surface area (Å²) in [5.74, 6) is -0.224. The van der Waals surface area contributed by atoms with Gasteiger partial charge in [-0.05, 0) is 34.4 Å². The van der Waals surface area contributed by atoms with Crippen LogP contribution < -0.4 is 0 Å². The Labute approximate surface area is 95.5 Å². The number of hydrogen-bond donors (Lipinski definition) is 1. The number of aliphatic carboxylic acids is 1. The van der Waals surface area contributed by atoms with Crippen LogP contribution in [-0.2, 0) is 11.3 Å². The largest absolute Gasteiger partial charge is 0.481 e. The van der Waals surface area contributed by atoms with Crippen LogP contribution in [0.5, 0.6) is 0 Å². The van der Waals surface area contributed by atoms with E-state index >= 15 is 0 Å². The zero-order chi connectivity index (χ0) is 11.5. The standard InChI is InChI=1S/C9H10N4O2S/c1-6-3-5-16-8(6)9-10-11-12-13(9)4-2-7(14)15/h3,5H,2,4H2,1H3,(H,14,15). The predicted molar refractivity (Wildman–Crippen MR) is 58.1 cm³/mol. The molecule has 2 rings (SSSR count). The van der Waals surface area contributed by atoms with Crippen molar-refractivity contribution >= 4 is 17.3 Å². The van der Waals surface area contributed by atoms with E-state index in [0.717, 1.165) is 10.4 Å². The first-order valence-electron chi connectivity index (χ1n) is 4.71. The summed E-state index contributed by atoms with van der Waals surface area (Å²) < 4.78 is 1.52. The molecular formula is C9H10N4O2S. The first-order valence-corrected chi connectivity index (χ1v) is 5.59. The summed E-state index contributed by atoms with van der Waals surface area (Å²) in [5, 5.41) is 21.8. The minimum atomic E-state index is -0.857. The number of nitrogens with zero attached hydrogens (tertiary/aromatic N) is 4. The second-order valence-electron chi connectivity index (χ2n) is 3.30. The van der Waals surface area contributed by atoms with Crippen LogP contribution in [0.1, 0.15) is 12.0 Å². The summed E-state index contributed by atoms with van der Waals surface area (Å²) in [6.07, 6.45) is 0.0163. The molecule has 0 fully saturated rings. The van der Waals surface area contributed by atoms with Crippen molar-refractivity contribution in [2.24, 2.45) is 0 Å². The lowest BCUT2D eigenvalue weighted by Crippen LogP contribution is -2.07. The van der Waals surface area contributed by atoms with Crippen LogP contribution in [0.3, 0.4) is 0 Å². The number of aromatic nitrogens is 4. The fraction of sp³-hybridized carbons (Fsp3) is 0.333. The van der Waals surface area contributed by atoms with Gasteiger partial charge in [0.05, 0.1) is 17.8 Å². The van der Waals surface area contributed by atoms with Crippen molar-refractivity contribution in [3.63, 3.8) is 0 Å². The van der Waals surface area contributed by atoms with Gasteiger partial charge in [-0.25, -0.2) is 4.68 Å². The van der Waals surface area contributed by atoms with Crippen LogP contribution in [0.15, 0.2) is 11.4 Å². The summed E-state index contributed by atoms with van der Waals surface area (Å²) in [4.78, 5) is 11.5. The molecule has 0 bridgehead atoms. The highest BCUT2D eigenvalue weighted by Crippen LogP contribution is 2.26. The topological polar surface area (TPSA) is 80.9 Å².